The maximum Gasteiger partial charge on any atom is 0.279 e. The third-order valence-electron chi connectivity index (χ3n) is 4.74. The average Bonchev–Trinajstić information content (AvgIpc) is 2.59. The highest BCUT2D eigenvalue weighted by atomic mass is 19.1. The number of hydrogen-bond donors (Lipinski definition) is 4. The molecule has 1 heterocycles. The molecule has 2 amide bonds. The van der Waals surface area contributed by atoms with Gasteiger partial charge in [-0.1, -0.05) is 13.3 Å². The fraction of sp³-hybridized carbons (Fsp3) is 0.579. The number of amides is 2. The molecule has 0 unspecified atom stereocenters. The number of quaternary nitrogens is 2. The van der Waals surface area contributed by atoms with Crippen molar-refractivity contribution in [3.8, 4) is 0 Å². The molecule has 26 heavy (non-hydrogen) atoms. The molecule has 1 aromatic rings. The van der Waals surface area contributed by atoms with Crippen molar-refractivity contribution in [2.45, 2.75) is 32.7 Å². The molecule has 0 radical (unpaired) electrons. The summed E-state index contributed by atoms with van der Waals surface area (Å²) in [4.78, 5) is 26.7. The zero-order chi connectivity index (χ0) is 18.9. The van der Waals surface area contributed by atoms with Crippen LogP contribution in [0.15, 0.2) is 24.3 Å². The van der Waals surface area contributed by atoms with Crippen molar-refractivity contribution in [3.05, 3.63) is 30.1 Å². The molecule has 144 valence electrons. The van der Waals surface area contributed by atoms with Crippen LogP contribution in [0.3, 0.4) is 0 Å². The monoisotopic (exact) mass is 366 g/mol. The van der Waals surface area contributed by atoms with E-state index in [-0.39, 0.29) is 23.7 Å². The molecule has 7 heteroatoms. The number of nitrogens with one attached hydrogen (secondary N) is 4. The Labute approximate surface area is 154 Å². The number of hydrogen-bond acceptors (Lipinski definition) is 2. The first-order chi connectivity index (χ1) is 12.5. The van der Waals surface area contributed by atoms with E-state index >= 15 is 0 Å². The summed E-state index contributed by atoms with van der Waals surface area (Å²) >= 11 is 0. The largest absolute Gasteiger partial charge is 0.349 e. The number of rotatable bonds is 8. The van der Waals surface area contributed by atoms with E-state index in [2.05, 4.69) is 17.6 Å². The van der Waals surface area contributed by atoms with Gasteiger partial charge in [-0.05, 0) is 37.6 Å². The van der Waals surface area contributed by atoms with E-state index < -0.39 is 0 Å². The van der Waals surface area contributed by atoms with Crippen molar-refractivity contribution in [2.24, 2.45) is 0 Å². The first kappa shape index (κ1) is 20.3. The van der Waals surface area contributed by atoms with E-state index in [0.29, 0.717) is 18.8 Å². The Morgan fingerprint density at radius 1 is 1.04 bits per heavy atom. The highest BCUT2D eigenvalue weighted by Gasteiger charge is 2.26. The predicted molar refractivity (Wildman–Crippen MR) is 98.7 cm³/mol. The Hall–Kier alpha value is -1.99. The van der Waals surface area contributed by atoms with E-state index in [1.165, 1.54) is 21.9 Å². The average molecular weight is 366 g/mol. The van der Waals surface area contributed by atoms with Gasteiger partial charge in [0.2, 0.25) is 0 Å². The quantitative estimate of drug-likeness (QED) is 0.470. The normalized spacial score (nSPS) is 21.0. The zero-order valence-corrected chi connectivity index (χ0v) is 15.7. The van der Waals surface area contributed by atoms with E-state index in [4.69, 9.17) is 0 Å². The Kier molecular flexibility index (Phi) is 8.00. The molecule has 1 aliphatic heterocycles. The fourth-order valence-corrected chi connectivity index (χ4v) is 3.33. The molecule has 0 aromatic heterocycles. The van der Waals surface area contributed by atoms with Crippen molar-refractivity contribution in [1.29, 1.82) is 0 Å². The van der Waals surface area contributed by atoms with Crippen molar-refractivity contribution in [3.63, 3.8) is 0 Å². The smallest absolute Gasteiger partial charge is 0.279 e. The van der Waals surface area contributed by atoms with Crippen LogP contribution in [0.4, 0.5) is 10.1 Å². The molecule has 1 fully saturated rings. The Balaban J connectivity index is 1.67. The topological polar surface area (TPSA) is 67.1 Å². The summed E-state index contributed by atoms with van der Waals surface area (Å²) < 4.78 is 12.9. The van der Waals surface area contributed by atoms with Gasteiger partial charge >= 0.3 is 0 Å². The second-order valence-electron chi connectivity index (χ2n) is 7.17. The van der Waals surface area contributed by atoms with Crippen LogP contribution in [-0.4, -0.2) is 57.1 Å². The summed E-state index contributed by atoms with van der Waals surface area (Å²) in [7, 11) is 0. The minimum Gasteiger partial charge on any atom is -0.349 e. The summed E-state index contributed by atoms with van der Waals surface area (Å²) in [5.74, 6) is -0.277. The van der Waals surface area contributed by atoms with E-state index in [1.54, 1.807) is 12.1 Å². The van der Waals surface area contributed by atoms with Crippen LogP contribution >= 0.6 is 0 Å². The van der Waals surface area contributed by atoms with Crippen LogP contribution in [0.1, 0.15) is 26.7 Å². The SMILES string of the molecule is CCC[C@@H](C)NC(=O)C[NH+]1CC[NH+](CC(=O)Nc2ccc(F)cc2)CC1. The first-order valence-electron chi connectivity index (χ1n) is 9.48. The number of anilines is 1. The first-order valence-corrected chi connectivity index (χ1v) is 9.48. The molecule has 1 aliphatic rings. The van der Waals surface area contributed by atoms with Gasteiger partial charge in [0.25, 0.3) is 11.8 Å². The molecule has 1 saturated heterocycles. The molecule has 1 aromatic carbocycles. The number of carbonyl (C=O) groups is 2. The number of benzene rings is 1. The lowest BCUT2D eigenvalue weighted by molar-refractivity contribution is -1.00. The number of halogens is 1. The molecular weight excluding hydrogens is 335 g/mol. The summed E-state index contributed by atoms with van der Waals surface area (Å²) in [5.41, 5.74) is 0.609. The maximum atomic E-state index is 12.9. The summed E-state index contributed by atoms with van der Waals surface area (Å²) in [6.07, 6.45) is 2.07. The standard InChI is InChI=1S/C19H29FN4O2/c1-3-4-15(2)21-18(25)13-23-9-11-24(12-10-23)14-19(26)22-17-7-5-16(20)6-8-17/h5-8,15H,3-4,9-14H2,1-2H3,(H,21,25)(H,22,26)/p+2/t15-/m1/s1. The molecule has 0 saturated carbocycles. The van der Waals surface area contributed by atoms with E-state index in [0.717, 1.165) is 39.0 Å². The maximum absolute atomic E-state index is 12.9. The zero-order valence-electron chi connectivity index (χ0n) is 15.7. The second-order valence-corrected chi connectivity index (χ2v) is 7.17. The molecule has 0 spiro atoms. The van der Waals surface area contributed by atoms with E-state index in [1.807, 2.05) is 6.92 Å². The van der Waals surface area contributed by atoms with Crippen molar-refractivity contribution < 1.29 is 23.8 Å². The van der Waals surface area contributed by atoms with Crippen molar-refractivity contribution in [1.82, 2.24) is 5.32 Å². The second kappa shape index (κ2) is 10.2. The molecule has 4 N–H and O–H groups in total. The van der Waals surface area contributed by atoms with Crippen molar-refractivity contribution in [2.75, 3.05) is 44.6 Å². The third kappa shape index (κ3) is 7.09. The lowest BCUT2D eigenvalue weighted by Gasteiger charge is -2.29. The molecule has 2 rings (SSSR count). The van der Waals surface area contributed by atoms with Crippen LogP contribution in [0.5, 0.6) is 0 Å². The molecule has 0 aliphatic carbocycles. The van der Waals surface area contributed by atoms with Gasteiger partial charge in [-0.25, -0.2) is 4.39 Å². The van der Waals surface area contributed by atoms with Gasteiger partial charge in [0.1, 0.15) is 32.0 Å². The van der Waals surface area contributed by atoms with Gasteiger partial charge in [-0.2, -0.15) is 0 Å². The highest BCUT2D eigenvalue weighted by molar-refractivity contribution is 5.91. The molecule has 1 atom stereocenters. The minimum atomic E-state index is -0.319. The fourth-order valence-electron chi connectivity index (χ4n) is 3.33. The Morgan fingerprint density at radius 3 is 2.12 bits per heavy atom. The number of piperazine rings is 1. The van der Waals surface area contributed by atoms with Gasteiger partial charge in [0.05, 0.1) is 0 Å². The van der Waals surface area contributed by atoms with Crippen LogP contribution in [-0.2, 0) is 9.59 Å². The van der Waals surface area contributed by atoms with Gasteiger partial charge in [0, 0.05) is 11.7 Å². The van der Waals surface area contributed by atoms with Gasteiger partial charge in [-0.15, -0.1) is 0 Å². The van der Waals surface area contributed by atoms with Gasteiger partial charge in [-0.3, -0.25) is 9.59 Å². The van der Waals surface area contributed by atoms with Crippen LogP contribution < -0.4 is 20.4 Å². The highest BCUT2D eigenvalue weighted by Crippen LogP contribution is 2.07. The Morgan fingerprint density at radius 2 is 1.58 bits per heavy atom. The molecule has 0 bridgehead atoms. The van der Waals surface area contributed by atoms with Crippen LogP contribution in [0, 0.1) is 5.82 Å². The van der Waals surface area contributed by atoms with Crippen LogP contribution in [0.2, 0.25) is 0 Å². The molecular formula is C19H31FN4O2+2. The van der Waals surface area contributed by atoms with Gasteiger partial charge < -0.3 is 20.4 Å². The van der Waals surface area contributed by atoms with E-state index in [9.17, 15) is 14.0 Å². The number of carbonyl (C=O) groups excluding carboxylic acids is 2. The minimum absolute atomic E-state index is 0.0683. The summed E-state index contributed by atoms with van der Waals surface area (Å²) in [6, 6.07) is 6.01. The summed E-state index contributed by atoms with van der Waals surface area (Å²) in [5, 5.41) is 5.84. The van der Waals surface area contributed by atoms with Crippen molar-refractivity contribution >= 4 is 17.5 Å². The molecule has 6 nitrogen and oxygen atoms in total. The third-order valence-corrected chi connectivity index (χ3v) is 4.74. The predicted octanol–water partition coefficient (Wildman–Crippen LogP) is -1.15. The van der Waals surface area contributed by atoms with Gasteiger partial charge in [0.15, 0.2) is 13.1 Å². The lowest BCUT2D eigenvalue weighted by atomic mass is 10.2. The van der Waals surface area contributed by atoms with Crippen LogP contribution in [0.25, 0.3) is 0 Å². The Bertz CT molecular complexity index is 586. The lowest BCUT2D eigenvalue weighted by Crippen LogP contribution is -3.28. The summed E-state index contributed by atoms with van der Waals surface area (Å²) in [6.45, 7) is 8.55.